The van der Waals surface area contributed by atoms with Crippen LogP contribution in [0.25, 0.3) is 22.6 Å². The highest BCUT2D eigenvalue weighted by molar-refractivity contribution is 6.30. The maximum Gasteiger partial charge on any atom is 0.339 e. The summed E-state index contributed by atoms with van der Waals surface area (Å²) in [7, 11) is 0. The predicted molar refractivity (Wildman–Crippen MR) is 133 cm³/mol. The number of para-hydroxylation sites is 1. The number of carbonyl (C=O) groups is 1. The lowest BCUT2D eigenvalue weighted by atomic mass is 10.0. The first-order valence-electron chi connectivity index (χ1n) is 11.1. The number of aromatic nitrogens is 1. The number of ether oxygens (including phenoxy) is 2. The highest BCUT2D eigenvalue weighted by Crippen LogP contribution is 2.38. The molecule has 0 radical (unpaired) electrons. The lowest BCUT2D eigenvalue weighted by molar-refractivity contribution is 0.0451. The highest BCUT2D eigenvalue weighted by Gasteiger charge is 2.27. The van der Waals surface area contributed by atoms with Crippen molar-refractivity contribution in [2.45, 2.75) is 12.8 Å². The number of halogens is 1. The van der Waals surface area contributed by atoms with Crippen LogP contribution < -0.4 is 4.74 Å². The second kappa shape index (κ2) is 9.57. The van der Waals surface area contributed by atoms with Crippen molar-refractivity contribution in [2.75, 3.05) is 13.2 Å². The topological polar surface area (TPSA) is 68.7 Å². The number of nitrogens with zero attached hydrogens (tertiary/aromatic N) is 1. The van der Waals surface area contributed by atoms with Crippen LogP contribution in [-0.2, 0) is 11.2 Å². The Morgan fingerprint density at radius 2 is 1.74 bits per heavy atom. The van der Waals surface area contributed by atoms with Crippen LogP contribution in [0, 0.1) is 0 Å². The minimum atomic E-state index is -0.375. The Labute approximate surface area is 202 Å². The standard InChI is InChI=1S/C28H22ClNO4/c29-20-8-12-22(13-9-20)33-15-16-34-28(32)26-23-3-1-2-4-25(23)30-27-19(7-14-24(26)27)17-18-5-10-21(31)11-6-18/h1-6,8-13,17,31H,7,14-16H2/b19-17+. The van der Waals surface area contributed by atoms with Crippen molar-refractivity contribution in [3.05, 3.63) is 100 Å². The summed E-state index contributed by atoms with van der Waals surface area (Å²) in [5, 5.41) is 11.0. The van der Waals surface area contributed by atoms with E-state index in [1.165, 1.54) is 0 Å². The zero-order valence-corrected chi connectivity index (χ0v) is 19.1. The largest absolute Gasteiger partial charge is 0.508 e. The van der Waals surface area contributed by atoms with Crippen molar-refractivity contribution < 1.29 is 19.4 Å². The van der Waals surface area contributed by atoms with E-state index in [9.17, 15) is 9.90 Å². The Morgan fingerprint density at radius 1 is 0.971 bits per heavy atom. The summed E-state index contributed by atoms with van der Waals surface area (Å²) in [6.45, 7) is 0.369. The summed E-state index contributed by atoms with van der Waals surface area (Å²) < 4.78 is 11.3. The molecule has 1 aromatic heterocycles. The molecule has 0 aliphatic heterocycles. The number of allylic oxidation sites excluding steroid dienone is 1. The molecular weight excluding hydrogens is 450 g/mol. The van der Waals surface area contributed by atoms with Gasteiger partial charge in [-0.25, -0.2) is 9.78 Å². The van der Waals surface area contributed by atoms with E-state index < -0.39 is 0 Å². The third-order valence-electron chi connectivity index (χ3n) is 5.78. The number of esters is 1. The van der Waals surface area contributed by atoms with Gasteiger partial charge in [0.25, 0.3) is 0 Å². The van der Waals surface area contributed by atoms with E-state index in [-0.39, 0.29) is 24.9 Å². The van der Waals surface area contributed by atoms with E-state index in [0.29, 0.717) is 22.8 Å². The number of benzene rings is 3. The molecule has 1 N–H and O–H groups in total. The van der Waals surface area contributed by atoms with Crippen molar-refractivity contribution in [2.24, 2.45) is 0 Å². The van der Waals surface area contributed by atoms with Gasteiger partial charge >= 0.3 is 5.97 Å². The Bertz CT molecular complexity index is 1380. The molecule has 3 aromatic carbocycles. The van der Waals surface area contributed by atoms with Crippen molar-refractivity contribution in [1.82, 2.24) is 4.98 Å². The molecule has 5 rings (SSSR count). The van der Waals surface area contributed by atoms with E-state index in [0.717, 1.165) is 39.7 Å². The van der Waals surface area contributed by atoms with E-state index in [1.807, 2.05) is 36.4 Å². The molecule has 0 unspecified atom stereocenters. The summed E-state index contributed by atoms with van der Waals surface area (Å²) in [5.74, 6) is 0.517. The summed E-state index contributed by atoms with van der Waals surface area (Å²) in [6, 6.07) is 21.7. The number of fused-ring (bicyclic) bond motifs is 2. The number of aromatic hydroxyl groups is 1. The number of phenolic OH excluding ortho intramolecular Hbond substituents is 1. The zero-order valence-electron chi connectivity index (χ0n) is 18.3. The fraction of sp³-hybridized carbons (Fsp3) is 0.143. The second-order valence-corrected chi connectivity index (χ2v) is 8.47. The molecule has 5 nitrogen and oxygen atoms in total. The van der Waals surface area contributed by atoms with Gasteiger partial charge in [-0.3, -0.25) is 0 Å². The lowest BCUT2D eigenvalue weighted by Crippen LogP contribution is -2.15. The fourth-order valence-corrected chi connectivity index (χ4v) is 4.31. The van der Waals surface area contributed by atoms with Gasteiger partial charge in [0.2, 0.25) is 0 Å². The van der Waals surface area contributed by atoms with Crippen LogP contribution in [0.1, 0.15) is 33.6 Å². The molecule has 1 aliphatic carbocycles. The number of hydrogen-bond acceptors (Lipinski definition) is 5. The number of rotatable bonds is 6. The Kier molecular flexibility index (Phi) is 6.19. The maximum absolute atomic E-state index is 13.2. The minimum absolute atomic E-state index is 0.128. The molecular formula is C28H22ClNO4. The Balaban J connectivity index is 1.40. The molecule has 34 heavy (non-hydrogen) atoms. The van der Waals surface area contributed by atoms with Crippen molar-refractivity contribution in [3.8, 4) is 11.5 Å². The van der Waals surface area contributed by atoms with Gasteiger partial charge in [0.15, 0.2) is 0 Å². The van der Waals surface area contributed by atoms with Gasteiger partial charge in [0, 0.05) is 10.4 Å². The van der Waals surface area contributed by atoms with Crippen LogP contribution in [0.5, 0.6) is 11.5 Å². The van der Waals surface area contributed by atoms with Crippen molar-refractivity contribution in [1.29, 1.82) is 0 Å². The first-order valence-corrected chi connectivity index (χ1v) is 11.4. The molecule has 0 atom stereocenters. The van der Waals surface area contributed by atoms with Crippen molar-refractivity contribution in [3.63, 3.8) is 0 Å². The zero-order chi connectivity index (χ0) is 23.5. The van der Waals surface area contributed by atoms with Gasteiger partial charge in [-0.05, 0) is 78.1 Å². The summed E-state index contributed by atoms with van der Waals surface area (Å²) in [5.41, 5.74) is 5.10. The number of pyridine rings is 1. The van der Waals surface area contributed by atoms with Gasteiger partial charge < -0.3 is 14.6 Å². The highest BCUT2D eigenvalue weighted by atomic mass is 35.5. The smallest absolute Gasteiger partial charge is 0.339 e. The maximum atomic E-state index is 13.2. The van der Waals surface area contributed by atoms with Crippen LogP contribution in [0.3, 0.4) is 0 Å². The summed E-state index contributed by atoms with van der Waals surface area (Å²) in [4.78, 5) is 18.1. The average molecular weight is 472 g/mol. The monoisotopic (exact) mass is 471 g/mol. The fourth-order valence-electron chi connectivity index (χ4n) is 4.18. The first-order chi connectivity index (χ1) is 16.6. The summed E-state index contributed by atoms with van der Waals surface area (Å²) >= 11 is 5.89. The molecule has 0 saturated carbocycles. The SMILES string of the molecule is O=C(OCCOc1ccc(Cl)cc1)c1c2c(nc3ccccc13)/C(=C/c1ccc(O)cc1)CC2. The predicted octanol–water partition coefficient (Wildman–Crippen LogP) is 6.32. The number of hydrogen-bond donors (Lipinski definition) is 1. The summed E-state index contributed by atoms with van der Waals surface area (Å²) in [6.07, 6.45) is 3.55. The molecule has 1 heterocycles. The van der Waals surface area contributed by atoms with E-state index in [2.05, 4.69) is 6.08 Å². The molecule has 4 aromatic rings. The number of phenols is 1. The molecule has 0 saturated heterocycles. The van der Waals surface area contributed by atoms with E-state index in [1.54, 1.807) is 36.4 Å². The Hall–Kier alpha value is -3.83. The van der Waals surface area contributed by atoms with Crippen LogP contribution >= 0.6 is 11.6 Å². The molecule has 6 heteroatoms. The van der Waals surface area contributed by atoms with Crippen LogP contribution in [0.2, 0.25) is 5.02 Å². The third-order valence-corrected chi connectivity index (χ3v) is 6.03. The average Bonchev–Trinajstić information content (AvgIpc) is 3.24. The van der Waals surface area contributed by atoms with E-state index >= 15 is 0 Å². The van der Waals surface area contributed by atoms with Crippen molar-refractivity contribution >= 4 is 40.1 Å². The molecule has 170 valence electrons. The molecule has 0 bridgehead atoms. The van der Waals surface area contributed by atoms with Gasteiger partial charge in [0.1, 0.15) is 24.7 Å². The quantitative estimate of drug-likeness (QED) is 0.263. The van der Waals surface area contributed by atoms with Gasteiger partial charge in [-0.2, -0.15) is 0 Å². The third kappa shape index (κ3) is 4.61. The van der Waals surface area contributed by atoms with Gasteiger partial charge in [-0.15, -0.1) is 0 Å². The van der Waals surface area contributed by atoms with Gasteiger partial charge in [0.05, 0.1) is 16.8 Å². The van der Waals surface area contributed by atoms with Gasteiger partial charge in [-0.1, -0.05) is 41.9 Å². The minimum Gasteiger partial charge on any atom is -0.508 e. The normalized spacial score (nSPS) is 13.7. The Morgan fingerprint density at radius 3 is 2.53 bits per heavy atom. The molecule has 0 fully saturated rings. The lowest BCUT2D eigenvalue weighted by Gasteiger charge is -2.13. The van der Waals surface area contributed by atoms with Crippen LogP contribution in [0.4, 0.5) is 0 Å². The number of carbonyl (C=O) groups excluding carboxylic acids is 1. The first kappa shape index (κ1) is 22.0. The van der Waals surface area contributed by atoms with E-state index in [4.69, 9.17) is 26.1 Å². The van der Waals surface area contributed by atoms with Crippen LogP contribution in [-0.4, -0.2) is 29.3 Å². The molecule has 0 spiro atoms. The molecule has 1 aliphatic rings. The molecule has 0 amide bonds. The van der Waals surface area contributed by atoms with Crippen LogP contribution in [0.15, 0.2) is 72.8 Å². The second-order valence-electron chi connectivity index (χ2n) is 8.03.